The fourth-order valence-electron chi connectivity index (χ4n) is 2.89. The molecule has 20 heavy (non-hydrogen) atoms. The van der Waals surface area contributed by atoms with Gasteiger partial charge in [0.15, 0.2) is 0 Å². The topological polar surface area (TPSA) is 77.1 Å². The van der Waals surface area contributed by atoms with Crippen LogP contribution >= 0.6 is 0 Å². The highest BCUT2D eigenvalue weighted by Crippen LogP contribution is 2.18. The Hall–Kier alpha value is -1.66. The number of hydrogen-bond donors (Lipinski definition) is 3. The molecular formula is C14H21N5O. The lowest BCUT2D eigenvalue weighted by Gasteiger charge is -2.34. The Labute approximate surface area is 118 Å². The predicted octanol–water partition coefficient (Wildman–Crippen LogP) is 1.22. The SMILES string of the molecule is OCC1CCCCN1CCNc1ncnc2[nH]ccc12. The van der Waals surface area contributed by atoms with E-state index in [0.29, 0.717) is 6.04 Å². The lowest BCUT2D eigenvalue weighted by atomic mass is 10.0. The van der Waals surface area contributed by atoms with Gasteiger partial charge in [-0.05, 0) is 25.5 Å². The quantitative estimate of drug-likeness (QED) is 0.765. The highest BCUT2D eigenvalue weighted by molar-refractivity contribution is 5.86. The average Bonchev–Trinajstić information content (AvgIpc) is 2.97. The van der Waals surface area contributed by atoms with Crippen LogP contribution in [0.5, 0.6) is 0 Å². The van der Waals surface area contributed by atoms with Crippen LogP contribution in [-0.2, 0) is 0 Å². The van der Waals surface area contributed by atoms with E-state index in [4.69, 9.17) is 0 Å². The fourth-order valence-corrected chi connectivity index (χ4v) is 2.89. The zero-order valence-electron chi connectivity index (χ0n) is 11.5. The average molecular weight is 275 g/mol. The van der Waals surface area contributed by atoms with Crippen LogP contribution in [-0.4, -0.2) is 57.2 Å². The van der Waals surface area contributed by atoms with Crippen LogP contribution in [0, 0.1) is 0 Å². The van der Waals surface area contributed by atoms with E-state index >= 15 is 0 Å². The summed E-state index contributed by atoms with van der Waals surface area (Å²) in [5, 5.41) is 13.8. The molecule has 2 aromatic rings. The van der Waals surface area contributed by atoms with Crippen LogP contribution < -0.4 is 5.32 Å². The summed E-state index contributed by atoms with van der Waals surface area (Å²) < 4.78 is 0. The number of likely N-dealkylation sites (tertiary alicyclic amines) is 1. The molecule has 0 bridgehead atoms. The Bertz CT molecular complexity index is 555. The third-order valence-corrected chi connectivity index (χ3v) is 4.01. The molecule has 0 saturated carbocycles. The van der Waals surface area contributed by atoms with Crippen molar-refractivity contribution in [1.29, 1.82) is 0 Å². The maximum absolute atomic E-state index is 9.40. The molecule has 0 spiro atoms. The van der Waals surface area contributed by atoms with Crippen LogP contribution in [0.2, 0.25) is 0 Å². The second kappa shape index (κ2) is 6.19. The second-order valence-corrected chi connectivity index (χ2v) is 5.26. The highest BCUT2D eigenvalue weighted by atomic mass is 16.3. The molecule has 1 aliphatic heterocycles. The number of hydrogen-bond acceptors (Lipinski definition) is 5. The lowest BCUT2D eigenvalue weighted by Crippen LogP contribution is -2.44. The first-order chi connectivity index (χ1) is 9.88. The van der Waals surface area contributed by atoms with E-state index in [2.05, 4.69) is 25.2 Å². The van der Waals surface area contributed by atoms with Crippen molar-refractivity contribution in [1.82, 2.24) is 19.9 Å². The zero-order valence-corrected chi connectivity index (χ0v) is 11.5. The van der Waals surface area contributed by atoms with Gasteiger partial charge in [0.1, 0.15) is 17.8 Å². The second-order valence-electron chi connectivity index (χ2n) is 5.26. The van der Waals surface area contributed by atoms with E-state index in [0.717, 1.165) is 42.9 Å². The number of nitrogens with zero attached hydrogens (tertiary/aromatic N) is 3. The van der Waals surface area contributed by atoms with Gasteiger partial charge in [-0.1, -0.05) is 6.42 Å². The Kier molecular flexibility index (Phi) is 4.13. The van der Waals surface area contributed by atoms with Crippen molar-refractivity contribution in [2.45, 2.75) is 25.3 Å². The van der Waals surface area contributed by atoms with E-state index in [1.165, 1.54) is 12.8 Å². The predicted molar refractivity (Wildman–Crippen MR) is 78.7 cm³/mol. The lowest BCUT2D eigenvalue weighted by molar-refractivity contribution is 0.0940. The summed E-state index contributed by atoms with van der Waals surface area (Å²) in [6.07, 6.45) is 7.00. The Morgan fingerprint density at radius 2 is 2.35 bits per heavy atom. The van der Waals surface area contributed by atoms with Gasteiger partial charge in [-0.3, -0.25) is 4.90 Å². The molecule has 3 N–H and O–H groups in total. The minimum atomic E-state index is 0.259. The first-order valence-corrected chi connectivity index (χ1v) is 7.25. The van der Waals surface area contributed by atoms with Gasteiger partial charge in [-0.25, -0.2) is 9.97 Å². The molecule has 3 rings (SSSR count). The Morgan fingerprint density at radius 1 is 1.40 bits per heavy atom. The summed E-state index contributed by atoms with van der Waals surface area (Å²) in [4.78, 5) is 13.9. The molecule has 0 radical (unpaired) electrons. The van der Waals surface area contributed by atoms with Gasteiger partial charge in [0.2, 0.25) is 0 Å². The molecule has 1 aliphatic rings. The minimum absolute atomic E-state index is 0.259. The number of aliphatic hydroxyl groups is 1. The Balaban J connectivity index is 1.58. The molecule has 0 aromatic carbocycles. The molecule has 1 unspecified atom stereocenters. The van der Waals surface area contributed by atoms with Crippen molar-refractivity contribution in [2.24, 2.45) is 0 Å². The van der Waals surface area contributed by atoms with Crippen LogP contribution in [0.25, 0.3) is 11.0 Å². The van der Waals surface area contributed by atoms with Crippen molar-refractivity contribution in [3.63, 3.8) is 0 Å². The van der Waals surface area contributed by atoms with Crippen LogP contribution in [0.4, 0.5) is 5.82 Å². The number of fused-ring (bicyclic) bond motifs is 1. The molecule has 0 amide bonds. The van der Waals surface area contributed by atoms with Gasteiger partial charge in [0, 0.05) is 25.3 Å². The monoisotopic (exact) mass is 275 g/mol. The summed E-state index contributed by atoms with van der Waals surface area (Å²) in [5.41, 5.74) is 0.855. The summed E-state index contributed by atoms with van der Waals surface area (Å²) in [5.74, 6) is 0.869. The summed E-state index contributed by atoms with van der Waals surface area (Å²) in [6, 6.07) is 2.30. The minimum Gasteiger partial charge on any atom is -0.395 e. The molecule has 6 heteroatoms. The van der Waals surface area contributed by atoms with Gasteiger partial charge < -0.3 is 15.4 Å². The van der Waals surface area contributed by atoms with Gasteiger partial charge in [0.25, 0.3) is 0 Å². The van der Waals surface area contributed by atoms with Gasteiger partial charge in [-0.15, -0.1) is 0 Å². The molecule has 2 aromatic heterocycles. The number of aliphatic hydroxyl groups excluding tert-OH is 1. The molecule has 1 saturated heterocycles. The highest BCUT2D eigenvalue weighted by Gasteiger charge is 2.20. The maximum Gasteiger partial charge on any atom is 0.142 e. The zero-order chi connectivity index (χ0) is 13.8. The number of aromatic nitrogens is 3. The first kappa shape index (κ1) is 13.3. The van der Waals surface area contributed by atoms with Crippen molar-refractivity contribution < 1.29 is 5.11 Å². The molecule has 108 valence electrons. The summed E-state index contributed by atoms with van der Waals surface area (Å²) in [6.45, 7) is 3.10. The van der Waals surface area contributed by atoms with E-state index < -0.39 is 0 Å². The van der Waals surface area contributed by atoms with Crippen molar-refractivity contribution in [3.05, 3.63) is 18.6 Å². The smallest absolute Gasteiger partial charge is 0.142 e. The van der Waals surface area contributed by atoms with E-state index in [1.807, 2.05) is 12.3 Å². The maximum atomic E-state index is 9.40. The number of rotatable bonds is 5. The van der Waals surface area contributed by atoms with Crippen LogP contribution in [0.15, 0.2) is 18.6 Å². The largest absolute Gasteiger partial charge is 0.395 e. The van der Waals surface area contributed by atoms with Crippen molar-refractivity contribution in [3.8, 4) is 0 Å². The molecule has 0 aliphatic carbocycles. The molecule has 6 nitrogen and oxygen atoms in total. The standard InChI is InChI=1S/C14H21N5O/c20-9-11-3-1-2-7-19(11)8-6-16-14-12-4-5-15-13(12)17-10-18-14/h4-5,10-11,20H,1-3,6-9H2,(H2,15,16,17,18). The first-order valence-electron chi connectivity index (χ1n) is 7.25. The summed E-state index contributed by atoms with van der Waals surface area (Å²) in [7, 11) is 0. The van der Waals surface area contributed by atoms with Gasteiger partial charge >= 0.3 is 0 Å². The van der Waals surface area contributed by atoms with Gasteiger partial charge in [-0.2, -0.15) is 0 Å². The number of nitrogens with one attached hydrogen (secondary N) is 2. The number of piperidine rings is 1. The molecule has 3 heterocycles. The van der Waals surface area contributed by atoms with E-state index in [-0.39, 0.29) is 6.61 Å². The van der Waals surface area contributed by atoms with Crippen LogP contribution in [0.3, 0.4) is 0 Å². The Morgan fingerprint density at radius 3 is 3.25 bits per heavy atom. The summed E-state index contributed by atoms with van der Waals surface area (Å²) >= 11 is 0. The van der Waals surface area contributed by atoms with Crippen LogP contribution in [0.1, 0.15) is 19.3 Å². The normalized spacial score (nSPS) is 20.4. The fraction of sp³-hybridized carbons (Fsp3) is 0.571. The number of anilines is 1. The van der Waals surface area contributed by atoms with Gasteiger partial charge in [0.05, 0.1) is 12.0 Å². The molecule has 1 fully saturated rings. The third kappa shape index (κ3) is 2.76. The molecular weight excluding hydrogens is 254 g/mol. The molecule has 1 atom stereocenters. The van der Waals surface area contributed by atoms with Crippen molar-refractivity contribution >= 4 is 16.9 Å². The van der Waals surface area contributed by atoms with E-state index in [9.17, 15) is 5.11 Å². The van der Waals surface area contributed by atoms with E-state index in [1.54, 1.807) is 6.33 Å². The van der Waals surface area contributed by atoms with Crippen molar-refractivity contribution in [2.75, 3.05) is 31.6 Å². The number of H-pyrrole nitrogens is 1. The third-order valence-electron chi connectivity index (χ3n) is 4.01. The number of aromatic amines is 1.